The number of hydrogen-bond acceptors (Lipinski definition) is 6. The second-order valence-corrected chi connectivity index (χ2v) is 7.20. The second-order valence-electron chi connectivity index (χ2n) is 6.05. The monoisotopic (exact) mass is 355 g/mol. The van der Waals surface area contributed by atoms with E-state index in [9.17, 15) is 4.79 Å². The molecule has 1 saturated heterocycles. The number of rotatable bonds is 3. The minimum absolute atomic E-state index is 0.161. The molecule has 1 atom stereocenters. The number of aromatic amines is 1. The summed E-state index contributed by atoms with van der Waals surface area (Å²) in [5.74, 6) is 3.82. The molecule has 128 valence electrons. The third kappa shape index (κ3) is 2.97. The molecule has 4 rings (SSSR count). The summed E-state index contributed by atoms with van der Waals surface area (Å²) in [6, 6.07) is 7.74. The molecule has 8 heteroatoms. The van der Waals surface area contributed by atoms with Crippen molar-refractivity contribution in [2.24, 2.45) is 0 Å². The van der Waals surface area contributed by atoms with Gasteiger partial charge >= 0.3 is 0 Å². The number of furan rings is 1. The molecule has 0 radical (unpaired) electrons. The zero-order valence-corrected chi connectivity index (χ0v) is 14.5. The summed E-state index contributed by atoms with van der Waals surface area (Å²) in [6.45, 7) is 3.39. The van der Waals surface area contributed by atoms with E-state index in [1.165, 1.54) is 16.8 Å². The van der Waals surface area contributed by atoms with E-state index in [1.807, 2.05) is 30.8 Å². The summed E-state index contributed by atoms with van der Waals surface area (Å²) >= 11 is 1.90. The molecule has 1 unspecified atom stereocenters. The van der Waals surface area contributed by atoms with Gasteiger partial charge in [0.15, 0.2) is 5.65 Å². The van der Waals surface area contributed by atoms with Gasteiger partial charge in [-0.3, -0.25) is 14.8 Å². The quantitative estimate of drug-likeness (QED) is 0.774. The first-order chi connectivity index (χ1) is 12.2. The lowest BCUT2D eigenvalue weighted by Crippen LogP contribution is -2.36. The Labute approximate surface area is 148 Å². The Bertz CT molecular complexity index is 1010. The Morgan fingerprint density at radius 3 is 3.16 bits per heavy atom. The molecule has 0 saturated carbocycles. The first kappa shape index (κ1) is 16.0. The highest BCUT2D eigenvalue weighted by Crippen LogP contribution is 2.31. The first-order valence-corrected chi connectivity index (χ1v) is 9.19. The van der Waals surface area contributed by atoms with Crippen LogP contribution in [-0.4, -0.2) is 37.5 Å². The number of thioether (sulfide) groups is 1. The van der Waals surface area contributed by atoms with Crippen molar-refractivity contribution in [1.29, 1.82) is 5.26 Å². The topological polar surface area (TPSA) is 90.3 Å². The van der Waals surface area contributed by atoms with E-state index in [2.05, 4.69) is 21.1 Å². The zero-order chi connectivity index (χ0) is 17.4. The van der Waals surface area contributed by atoms with Crippen LogP contribution < -0.4 is 5.56 Å². The van der Waals surface area contributed by atoms with Crippen LogP contribution in [0.15, 0.2) is 33.6 Å². The number of aromatic nitrogens is 3. The summed E-state index contributed by atoms with van der Waals surface area (Å²) < 4.78 is 7.11. The Kier molecular flexibility index (Phi) is 4.11. The molecule has 4 heterocycles. The van der Waals surface area contributed by atoms with E-state index in [-0.39, 0.29) is 11.6 Å². The molecular formula is C17H17N5O2S. The van der Waals surface area contributed by atoms with Crippen molar-refractivity contribution in [2.75, 3.05) is 18.1 Å². The minimum Gasteiger partial charge on any atom is -0.465 e. The van der Waals surface area contributed by atoms with E-state index in [0.29, 0.717) is 23.4 Å². The van der Waals surface area contributed by atoms with Crippen LogP contribution in [-0.2, 0) is 6.54 Å². The van der Waals surface area contributed by atoms with Crippen LogP contribution >= 0.6 is 11.8 Å². The van der Waals surface area contributed by atoms with Gasteiger partial charge in [0.1, 0.15) is 23.2 Å². The lowest BCUT2D eigenvalue weighted by molar-refractivity contribution is 0.185. The third-order valence-corrected chi connectivity index (χ3v) is 5.39. The number of aryl methyl sites for hydroxylation is 1. The van der Waals surface area contributed by atoms with Gasteiger partial charge in [0.25, 0.3) is 5.56 Å². The lowest BCUT2D eigenvalue weighted by atomic mass is 10.2. The Balaban J connectivity index is 1.67. The highest BCUT2D eigenvalue weighted by Gasteiger charge is 2.27. The van der Waals surface area contributed by atoms with Gasteiger partial charge in [0.2, 0.25) is 0 Å². The van der Waals surface area contributed by atoms with Crippen molar-refractivity contribution < 1.29 is 4.42 Å². The molecule has 1 N–H and O–H groups in total. The fraction of sp³-hybridized carbons (Fsp3) is 0.353. The van der Waals surface area contributed by atoms with E-state index >= 15 is 0 Å². The maximum atomic E-state index is 12.3. The van der Waals surface area contributed by atoms with Crippen LogP contribution in [0, 0.1) is 18.3 Å². The summed E-state index contributed by atoms with van der Waals surface area (Å²) in [4.78, 5) is 19.1. The average molecular weight is 355 g/mol. The number of nitrogens with one attached hydrogen (secondary N) is 1. The van der Waals surface area contributed by atoms with Crippen molar-refractivity contribution in [3.05, 3.63) is 57.5 Å². The minimum atomic E-state index is -0.210. The number of nitriles is 1. The molecule has 0 aliphatic carbocycles. The van der Waals surface area contributed by atoms with Gasteiger partial charge in [-0.15, -0.1) is 0 Å². The first-order valence-electron chi connectivity index (χ1n) is 8.04. The Morgan fingerprint density at radius 1 is 1.52 bits per heavy atom. The van der Waals surface area contributed by atoms with E-state index in [4.69, 9.17) is 9.68 Å². The number of nitrogens with zero attached hydrogens (tertiary/aromatic N) is 4. The normalized spacial score (nSPS) is 18.5. The van der Waals surface area contributed by atoms with Crippen LogP contribution in [0.4, 0.5) is 0 Å². The molecule has 3 aromatic heterocycles. The van der Waals surface area contributed by atoms with Gasteiger partial charge in [-0.05, 0) is 19.1 Å². The Hall–Kier alpha value is -2.50. The van der Waals surface area contributed by atoms with Crippen LogP contribution in [0.5, 0.6) is 0 Å². The predicted octanol–water partition coefficient (Wildman–Crippen LogP) is 2.09. The predicted molar refractivity (Wildman–Crippen MR) is 94.4 cm³/mol. The highest BCUT2D eigenvalue weighted by molar-refractivity contribution is 7.99. The van der Waals surface area contributed by atoms with Gasteiger partial charge in [0.05, 0.1) is 11.7 Å². The third-order valence-electron chi connectivity index (χ3n) is 4.37. The van der Waals surface area contributed by atoms with Crippen molar-refractivity contribution in [3.63, 3.8) is 0 Å². The average Bonchev–Trinajstić information content (AvgIpc) is 3.21. The summed E-state index contributed by atoms with van der Waals surface area (Å²) in [6.07, 6.45) is 1.50. The molecule has 1 aliphatic rings. The fourth-order valence-electron chi connectivity index (χ4n) is 3.12. The molecule has 0 spiro atoms. The van der Waals surface area contributed by atoms with Gasteiger partial charge in [-0.25, -0.2) is 9.50 Å². The van der Waals surface area contributed by atoms with Crippen LogP contribution in [0.1, 0.15) is 28.8 Å². The van der Waals surface area contributed by atoms with Gasteiger partial charge in [0, 0.05) is 36.9 Å². The summed E-state index contributed by atoms with van der Waals surface area (Å²) in [7, 11) is 0. The van der Waals surface area contributed by atoms with Crippen LogP contribution in [0.25, 0.3) is 5.65 Å². The highest BCUT2D eigenvalue weighted by atomic mass is 32.2. The van der Waals surface area contributed by atoms with Crippen molar-refractivity contribution in [1.82, 2.24) is 19.5 Å². The molecule has 7 nitrogen and oxygen atoms in total. The SMILES string of the molecule is Cc1ccc(C2CSCCN2Cc2cc(=O)n3[nH]cc(C#N)c3n2)o1. The number of fused-ring (bicyclic) bond motifs is 1. The Morgan fingerprint density at radius 2 is 2.40 bits per heavy atom. The molecule has 1 fully saturated rings. The van der Waals surface area contributed by atoms with Gasteiger partial charge in [-0.2, -0.15) is 17.0 Å². The number of hydrogen-bond donors (Lipinski definition) is 1. The molecule has 25 heavy (non-hydrogen) atoms. The van der Waals surface area contributed by atoms with Crippen LogP contribution in [0.2, 0.25) is 0 Å². The molecule has 0 bridgehead atoms. The van der Waals surface area contributed by atoms with Gasteiger partial charge in [-0.1, -0.05) is 0 Å². The van der Waals surface area contributed by atoms with E-state index < -0.39 is 0 Å². The molecular weight excluding hydrogens is 338 g/mol. The summed E-state index contributed by atoms with van der Waals surface area (Å²) in [5, 5.41) is 11.9. The summed E-state index contributed by atoms with van der Waals surface area (Å²) in [5.41, 5.74) is 1.20. The fourth-order valence-corrected chi connectivity index (χ4v) is 4.25. The maximum absolute atomic E-state index is 12.3. The van der Waals surface area contributed by atoms with Gasteiger partial charge < -0.3 is 4.42 Å². The van der Waals surface area contributed by atoms with E-state index in [1.54, 1.807) is 0 Å². The maximum Gasteiger partial charge on any atom is 0.272 e. The molecule has 3 aromatic rings. The standard InChI is InChI=1S/C17H17N5O2S/c1-11-2-3-15(24-11)14-10-25-5-4-21(14)9-13-6-16(23)22-17(20-13)12(7-18)8-19-22/h2-3,6,8,14,19H,4-5,9-10H2,1H3. The van der Waals surface area contributed by atoms with Crippen molar-refractivity contribution in [2.45, 2.75) is 19.5 Å². The van der Waals surface area contributed by atoms with E-state index in [0.717, 1.165) is 29.6 Å². The smallest absolute Gasteiger partial charge is 0.272 e. The van der Waals surface area contributed by atoms with Crippen LogP contribution in [0.3, 0.4) is 0 Å². The molecule has 0 amide bonds. The van der Waals surface area contributed by atoms with Crippen molar-refractivity contribution >= 4 is 17.4 Å². The molecule has 0 aromatic carbocycles. The molecule has 1 aliphatic heterocycles. The largest absolute Gasteiger partial charge is 0.465 e. The number of H-pyrrole nitrogens is 1. The lowest BCUT2D eigenvalue weighted by Gasteiger charge is -2.33. The zero-order valence-electron chi connectivity index (χ0n) is 13.7. The van der Waals surface area contributed by atoms with Crippen molar-refractivity contribution in [3.8, 4) is 6.07 Å². The second kappa shape index (κ2) is 6.43.